The Morgan fingerprint density at radius 1 is 1.26 bits per heavy atom. The number of non-ortho nitro benzene ring substituents is 1. The van der Waals surface area contributed by atoms with Crippen LogP contribution < -0.4 is 0 Å². The minimum Gasteiger partial charge on any atom is -0.462 e. The summed E-state index contributed by atoms with van der Waals surface area (Å²) in [6.07, 6.45) is 3.05. The quantitative estimate of drug-likeness (QED) is 0.328. The molecular formula is C19H22N2O6. The zero-order valence-electron chi connectivity index (χ0n) is 15.3. The number of carbonyl (C=O) groups is 3. The van der Waals surface area contributed by atoms with Crippen molar-refractivity contribution in [2.45, 2.75) is 45.6 Å². The molecule has 1 aromatic rings. The summed E-state index contributed by atoms with van der Waals surface area (Å²) in [6.45, 7) is 3.71. The third kappa shape index (κ3) is 3.70. The predicted octanol–water partition coefficient (Wildman–Crippen LogP) is 2.95. The molecule has 1 saturated carbocycles. The molecule has 3 atom stereocenters. The third-order valence-corrected chi connectivity index (χ3v) is 5.50. The van der Waals surface area contributed by atoms with Crippen molar-refractivity contribution in [2.75, 3.05) is 6.54 Å². The van der Waals surface area contributed by atoms with Gasteiger partial charge >= 0.3 is 5.97 Å². The molecule has 2 aliphatic rings. The third-order valence-electron chi connectivity index (χ3n) is 5.50. The number of carbonyl (C=O) groups excluding carboxylic acids is 3. The van der Waals surface area contributed by atoms with Gasteiger partial charge in [0, 0.05) is 25.6 Å². The number of amides is 2. The van der Waals surface area contributed by atoms with Crippen molar-refractivity contribution >= 4 is 23.5 Å². The summed E-state index contributed by atoms with van der Waals surface area (Å²) in [5.41, 5.74) is 0.0913. The lowest BCUT2D eigenvalue weighted by atomic mass is 9.99. The number of fused-ring (bicyclic) bond motifs is 1. The van der Waals surface area contributed by atoms with Crippen LogP contribution in [0.1, 0.15) is 60.2 Å². The summed E-state index contributed by atoms with van der Waals surface area (Å²) in [5.74, 6) is -0.630. The van der Waals surface area contributed by atoms with E-state index in [4.69, 9.17) is 4.74 Å². The van der Waals surface area contributed by atoms with Gasteiger partial charge in [0.1, 0.15) is 6.10 Å². The second kappa shape index (κ2) is 7.46. The van der Waals surface area contributed by atoms with Gasteiger partial charge in [0.25, 0.3) is 17.5 Å². The zero-order valence-corrected chi connectivity index (χ0v) is 15.3. The molecule has 8 heteroatoms. The smallest absolute Gasteiger partial charge is 0.302 e. The van der Waals surface area contributed by atoms with Crippen LogP contribution in [0.25, 0.3) is 0 Å². The molecule has 1 aliphatic carbocycles. The van der Waals surface area contributed by atoms with Crippen molar-refractivity contribution in [1.29, 1.82) is 0 Å². The average Bonchev–Trinajstić information content (AvgIpc) is 3.11. The first-order valence-corrected chi connectivity index (χ1v) is 9.13. The Hall–Kier alpha value is -2.77. The number of rotatable bonds is 6. The number of hydrogen-bond donors (Lipinski definition) is 0. The first-order valence-electron chi connectivity index (χ1n) is 9.13. The van der Waals surface area contributed by atoms with E-state index in [-0.39, 0.29) is 41.4 Å². The molecule has 1 fully saturated rings. The molecular weight excluding hydrogens is 352 g/mol. The van der Waals surface area contributed by atoms with Crippen molar-refractivity contribution in [3.05, 3.63) is 39.4 Å². The molecule has 3 rings (SSSR count). The number of nitrogens with zero attached hydrogens (tertiary/aromatic N) is 2. The highest BCUT2D eigenvalue weighted by molar-refractivity contribution is 6.21. The molecule has 144 valence electrons. The fraction of sp³-hybridized carbons (Fsp3) is 0.526. The summed E-state index contributed by atoms with van der Waals surface area (Å²) in [4.78, 5) is 47.7. The number of nitro groups is 1. The molecule has 27 heavy (non-hydrogen) atoms. The fourth-order valence-electron chi connectivity index (χ4n) is 4.13. The maximum atomic E-state index is 12.5. The van der Waals surface area contributed by atoms with Crippen LogP contribution in [0, 0.1) is 22.0 Å². The fourth-order valence-corrected chi connectivity index (χ4v) is 4.13. The minimum atomic E-state index is -0.584. The standard InChI is InChI=1S/C19H22N2O6/c1-3-13-8-12(9-17(13)27-11(2)22)6-7-20-18(23)15-5-4-14(21(25)26)10-16(15)19(20)24/h4-5,10,12-13,17H,3,6-9H2,1-2H3/t12-,13+,17-/m1/s1. The Kier molecular flexibility index (Phi) is 5.25. The van der Waals surface area contributed by atoms with Gasteiger partial charge in [-0.05, 0) is 43.6 Å². The maximum absolute atomic E-state index is 12.5. The molecule has 0 unspecified atom stereocenters. The van der Waals surface area contributed by atoms with Gasteiger partial charge in [-0.1, -0.05) is 6.92 Å². The van der Waals surface area contributed by atoms with E-state index in [0.29, 0.717) is 12.3 Å². The van der Waals surface area contributed by atoms with Gasteiger partial charge in [-0.2, -0.15) is 0 Å². The molecule has 8 nitrogen and oxygen atoms in total. The second-order valence-corrected chi connectivity index (χ2v) is 7.19. The molecule has 0 bridgehead atoms. The molecule has 0 radical (unpaired) electrons. The molecule has 0 spiro atoms. The summed E-state index contributed by atoms with van der Waals surface area (Å²) in [7, 11) is 0. The van der Waals surface area contributed by atoms with Gasteiger partial charge in [0.2, 0.25) is 0 Å². The highest BCUT2D eigenvalue weighted by atomic mass is 16.6. The Morgan fingerprint density at radius 3 is 2.59 bits per heavy atom. The Balaban J connectivity index is 1.65. The molecule has 1 aliphatic heterocycles. The summed E-state index contributed by atoms with van der Waals surface area (Å²) < 4.78 is 5.40. The molecule has 1 heterocycles. The summed E-state index contributed by atoms with van der Waals surface area (Å²) in [6, 6.07) is 3.74. The van der Waals surface area contributed by atoms with Crippen LogP contribution in [-0.2, 0) is 9.53 Å². The molecule has 0 N–H and O–H groups in total. The maximum Gasteiger partial charge on any atom is 0.302 e. The van der Waals surface area contributed by atoms with Crippen molar-refractivity contribution < 1.29 is 24.0 Å². The number of ether oxygens (including phenoxy) is 1. The van der Waals surface area contributed by atoms with Crippen LogP contribution in [-0.4, -0.2) is 40.3 Å². The van der Waals surface area contributed by atoms with E-state index in [0.717, 1.165) is 30.2 Å². The lowest BCUT2D eigenvalue weighted by Crippen LogP contribution is -2.31. The van der Waals surface area contributed by atoms with E-state index < -0.39 is 16.7 Å². The van der Waals surface area contributed by atoms with E-state index >= 15 is 0 Å². The summed E-state index contributed by atoms with van der Waals surface area (Å²) >= 11 is 0. The lowest BCUT2D eigenvalue weighted by molar-refractivity contribution is -0.384. The summed E-state index contributed by atoms with van der Waals surface area (Å²) in [5, 5.41) is 10.9. The normalized spacial score (nSPS) is 24.2. The number of imide groups is 1. The van der Waals surface area contributed by atoms with Crippen molar-refractivity contribution in [3.8, 4) is 0 Å². The van der Waals surface area contributed by atoms with E-state index in [1.165, 1.54) is 19.1 Å². The number of esters is 1. The topological polar surface area (TPSA) is 107 Å². The lowest BCUT2D eigenvalue weighted by Gasteiger charge is -2.17. The van der Waals surface area contributed by atoms with Crippen LogP contribution >= 0.6 is 0 Å². The van der Waals surface area contributed by atoms with Crippen LogP contribution in [0.15, 0.2) is 18.2 Å². The van der Waals surface area contributed by atoms with Gasteiger partial charge in [-0.25, -0.2) is 0 Å². The molecule has 0 aromatic heterocycles. The largest absolute Gasteiger partial charge is 0.462 e. The molecule has 1 aromatic carbocycles. The zero-order chi connectivity index (χ0) is 19.7. The number of benzene rings is 1. The van der Waals surface area contributed by atoms with Gasteiger partial charge in [-0.3, -0.25) is 29.4 Å². The first-order chi connectivity index (χ1) is 12.8. The Morgan fingerprint density at radius 2 is 1.96 bits per heavy atom. The first kappa shape index (κ1) is 19.0. The predicted molar refractivity (Wildman–Crippen MR) is 95.1 cm³/mol. The number of nitro benzene ring substituents is 1. The number of hydrogen-bond acceptors (Lipinski definition) is 6. The van der Waals surface area contributed by atoms with Gasteiger partial charge < -0.3 is 4.74 Å². The monoisotopic (exact) mass is 374 g/mol. The van der Waals surface area contributed by atoms with Crippen LogP contribution in [0.2, 0.25) is 0 Å². The van der Waals surface area contributed by atoms with E-state index in [9.17, 15) is 24.5 Å². The van der Waals surface area contributed by atoms with Crippen molar-refractivity contribution in [3.63, 3.8) is 0 Å². The molecule has 2 amide bonds. The van der Waals surface area contributed by atoms with Gasteiger partial charge in [0.15, 0.2) is 0 Å². The van der Waals surface area contributed by atoms with E-state index in [1.807, 2.05) is 0 Å². The van der Waals surface area contributed by atoms with Crippen LogP contribution in [0.4, 0.5) is 5.69 Å². The Labute approximate surface area is 156 Å². The Bertz CT molecular complexity index is 805. The highest BCUT2D eigenvalue weighted by Gasteiger charge is 2.39. The van der Waals surface area contributed by atoms with Crippen molar-refractivity contribution in [2.24, 2.45) is 11.8 Å². The van der Waals surface area contributed by atoms with Gasteiger partial charge in [-0.15, -0.1) is 0 Å². The van der Waals surface area contributed by atoms with E-state index in [2.05, 4.69) is 6.92 Å². The van der Waals surface area contributed by atoms with E-state index in [1.54, 1.807) is 0 Å². The SMILES string of the molecule is CC[C@H]1C[C@@H](CCN2C(=O)c3ccc([N+](=O)[O-])cc3C2=O)C[C@H]1OC(C)=O. The minimum absolute atomic E-state index is 0.0878. The van der Waals surface area contributed by atoms with Crippen LogP contribution in [0.5, 0.6) is 0 Å². The second-order valence-electron chi connectivity index (χ2n) is 7.19. The highest BCUT2D eigenvalue weighted by Crippen LogP contribution is 2.38. The average molecular weight is 374 g/mol. The van der Waals surface area contributed by atoms with Crippen LogP contribution in [0.3, 0.4) is 0 Å². The molecule has 0 saturated heterocycles. The van der Waals surface area contributed by atoms with Crippen molar-refractivity contribution in [1.82, 2.24) is 4.90 Å². The van der Waals surface area contributed by atoms with Gasteiger partial charge in [0.05, 0.1) is 16.1 Å².